The Morgan fingerprint density at radius 2 is 1.79 bits per heavy atom. The summed E-state index contributed by atoms with van der Waals surface area (Å²) in [4.78, 5) is 17.4. The van der Waals surface area contributed by atoms with Crippen LogP contribution >= 0.6 is 24.8 Å². The number of hydrogen-bond acceptors (Lipinski definition) is 4. The van der Waals surface area contributed by atoms with Crippen LogP contribution in [0.2, 0.25) is 0 Å². The number of halogens is 2. The van der Waals surface area contributed by atoms with Crippen LogP contribution in [0.25, 0.3) is 0 Å². The van der Waals surface area contributed by atoms with Crippen molar-refractivity contribution in [2.75, 3.05) is 13.1 Å². The molecule has 0 saturated heterocycles. The normalized spacial score (nSPS) is 12.6. The van der Waals surface area contributed by atoms with Crippen LogP contribution in [0.5, 0.6) is 0 Å². The van der Waals surface area contributed by atoms with Gasteiger partial charge in [-0.2, -0.15) is 0 Å². The Labute approximate surface area is 126 Å². The first-order valence-electron chi connectivity index (χ1n) is 5.74. The molecule has 0 saturated carbocycles. The van der Waals surface area contributed by atoms with E-state index in [1.807, 2.05) is 13.8 Å². The van der Waals surface area contributed by atoms with Crippen LogP contribution in [0.4, 0.5) is 0 Å². The van der Waals surface area contributed by atoms with Crippen molar-refractivity contribution >= 4 is 30.7 Å². The molecular formula is C12H21Cl2N3O2. The lowest BCUT2D eigenvalue weighted by Gasteiger charge is -2.25. The standard InChI is InChI=1S/C12H19N3O2.2ClH/c1-3-15(4-2)12(17)10(13)11(16)9-5-7-14-8-6-9;;/h5-8,10-11,16H,3-4,13H2,1-2H3;2*1H. The van der Waals surface area contributed by atoms with Crippen molar-refractivity contribution in [3.8, 4) is 0 Å². The second kappa shape index (κ2) is 9.97. The second-order valence-electron chi connectivity index (χ2n) is 3.76. The van der Waals surface area contributed by atoms with Gasteiger partial charge < -0.3 is 15.7 Å². The van der Waals surface area contributed by atoms with Crippen molar-refractivity contribution in [3.05, 3.63) is 30.1 Å². The molecule has 0 aliphatic heterocycles. The van der Waals surface area contributed by atoms with Gasteiger partial charge in [-0.3, -0.25) is 9.78 Å². The number of carbonyl (C=O) groups is 1. The minimum atomic E-state index is -0.994. The third kappa shape index (κ3) is 5.32. The smallest absolute Gasteiger partial charge is 0.242 e. The molecular weight excluding hydrogens is 289 g/mol. The zero-order valence-electron chi connectivity index (χ0n) is 11.0. The van der Waals surface area contributed by atoms with Gasteiger partial charge >= 0.3 is 0 Å². The summed E-state index contributed by atoms with van der Waals surface area (Å²) in [6, 6.07) is 2.37. The second-order valence-corrected chi connectivity index (χ2v) is 3.76. The predicted octanol–water partition coefficient (Wildman–Crippen LogP) is 1.15. The van der Waals surface area contributed by atoms with E-state index in [4.69, 9.17) is 5.73 Å². The average molecular weight is 310 g/mol. The van der Waals surface area contributed by atoms with Crippen LogP contribution in [-0.2, 0) is 4.79 Å². The number of pyridine rings is 1. The topological polar surface area (TPSA) is 79.5 Å². The van der Waals surface area contributed by atoms with Crippen LogP contribution in [0.1, 0.15) is 25.5 Å². The number of hydrogen-bond donors (Lipinski definition) is 2. The Bertz CT molecular complexity index is 361. The van der Waals surface area contributed by atoms with Gasteiger partial charge in [0.15, 0.2) is 0 Å². The number of rotatable bonds is 5. The first-order valence-corrected chi connectivity index (χ1v) is 5.74. The molecule has 1 amide bonds. The molecule has 1 heterocycles. The van der Waals surface area contributed by atoms with E-state index >= 15 is 0 Å². The highest BCUT2D eigenvalue weighted by molar-refractivity contribution is 5.85. The van der Waals surface area contributed by atoms with E-state index in [0.717, 1.165) is 0 Å². The van der Waals surface area contributed by atoms with E-state index < -0.39 is 12.1 Å². The molecule has 0 bridgehead atoms. The maximum Gasteiger partial charge on any atom is 0.242 e. The summed E-state index contributed by atoms with van der Waals surface area (Å²) in [7, 11) is 0. The van der Waals surface area contributed by atoms with Crippen molar-refractivity contribution in [1.82, 2.24) is 9.88 Å². The summed E-state index contributed by atoms with van der Waals surface area (Å²) in [5.41, 5.74) is 6.39. The minimum absolute atomic E-state index is 0. The van der Waals surface area contributed by atoms with Gasteiger partial charge in [0.1, 0.15) is 12.1 Å². The van der Waals surface area contributed by atoms with E-state index in [0.29, 0.717) is 18.7 Å². The Morgan fingerprint density at radius 3 is 2.21 bits per heavy atom. The maximum atomic E-state index is 11.9. The highest BCUT2D eigenvalue weighted by atomic mass is 35.5. The molecule has 1 aromatic heterocycles. The highest BCUT2D eigenvalue weighted by Crippen LogP contribution is 2.15. The summed E-state index contributed by atoms with van der Waals surface area (Å²) in [5.74, 6) is -0.237. The quantitative estimate of drug-likeness (QED) is 0.855. The number of aromatic nitrogens is 1. The van der Waals surface area contributed by atoms with Gasteiger partial charge in [0.2, 0.25) is 5.91 Å². The lowest BCUT2D eigenvalue weighted by atomic mass is 10.0. The van der Waals surface area contributed by atoms with Crippen molar-refractivity contribution in [2.45, 2.75) is 26.0 Å². The largest absolute Gasteiger partial charge is 0.386 e. The summed E-state index contributed by atoms with van der Waals surface area (Å²) in [6.45, 7) is 4.94. The van der Waals surface area contributed by atoms with Gasteiger partial charge in [-0.05, 0) is 31.5 Å². The molecule has 2 unspecified atom stereocenters. The van der Waals surface area contributed by atoms with E-state index in [1.54, 1.807) is 29.4 Å². The van der Waals surface area contributed by atoms with Crippen molar-refractivity contribution in [2.24, 2.45) is 5.73 Å². The number of nitrogens with zero attached hydrogens (tertiary/aromatic N) is 2. The molecule has 1 rings (SSSR count). The van der Waals surface area contributed by atoms with Crippen LogP contribution < -0.4 is 5.73 Å². The van der Waals surface area contributed by atoms with Crippen molar-refractivity contribution in [1.29, 1.82) is 0 Å². The summed E-state index contributed by atoms with van der Waals surface area (Å²) in [6.07, 6.45) is 2.13. The van der Waals surface area contributed by atoms with Crippen LogP contribution in [0.3, 0.4) is 0 Å². The zero-order valence-corrected chi connectivity index (χ0v) is 12.7. The molecule has 2 atom stereocenters. The molecule has 1 aromatic rings. The summed E-state index contributed by atoms with van der Waals surface area (Å²) >= 11 is 0. The molecule has 110 valence electrons. The number of aliphatic hydroxyl groups excluding tert-OH is 1. The fraction of sp³-hybridized carbons (Fsp3) is 0.500. The number of nitrogens with two attached hydrogens (primary N) is 1. The van der Waals surface area contributed by atoms with Gasteiger partial charge in [0.05, 0.1) is 0 Å². The monoisotopic (exact) mass is 309 g/mol. The fourth-order valence-corrected chi connectivity index (χ4v) is 1.65. The molecule has 0 radical (unpaired) electrons. The minimum Gasteiger partial charge on any atom is -0.386 e. The Morgan fingerprint density at radius 1 is 1.32 bits per heavy atom. The van der Waals surface area contributed by atoms with E-state index in [-0.39, 0.29) is 30.7 Å². The summed E-state index contributed by atoms with van der Waals surface area (Å²) in [5, 5.41) is 10.00. The third-order valence-corrected chi connectivity index (χ3v) is 2.75. The van der Waals surface area contributed by atoms with Crippen LogP contribution in [0.15, 0.2) is 24.5 Å². The number of carbonyl (C=O) groups excluding carboxylic acids is 1. The molecule has 0 aliphatic carbocycles. The van der Waals surface area contributed by atoms with Crippen molar-refractivity contribution < 1.29 is 9.90 Å². The first kappa shape index (κ1) is 20.4. The maximum absolute atomic E-state index is 11.9. The van der Waals surface area contributed by atoms with E-state index in [2.05, 4.69) is 4.98 Å². The van der Waals surface area contributed by atoms with E-state index in [1.165, 1.54) is 0 Å². The number of aliphatic hydroxyl groups is 1. The fourth-order valence-electron chi connectivity index (χ4n) is 1.65. The number of likely N-dealkylation sites (N-methyl/N-ethyl adjacent to an activating group) is 1. The Kier molecular flexibility index (Phi) is 10.7. The van der Waals surface area contributed by atoms with Gasteiger partial charge in [0.25, 0.3) is 0 Å². The Balaban J connectivity index is 0. The van der Waals surface area contributed by atoms with Gasteiger partial charge in [-0.1, -0.05) is 0 Å². The average Bonchev–Trinajstić information content (AvgIpc) is 2.39. The van der Waals surface area contributed by atoms with Gasteiger partial charge in [0, 0.05) is 25.5 Å². The summed E-state index contributed by atoms with van der Waals surface area (Å²) < 4.78 is 0. The lowest BCUT2D eigenvalue weighted by molar-refractivity contribution is -0.134. The molecule has 3 N–H and O–H groups in total. The lowest BCUT2D eigenvalue weighted by Crippen LogP contribution is -2.46. The molecule has 7 heteroatoms. The van der Waals surface area contributed by atoms with E-state index in [9.17, 15) is 9.90 Å². The molecule has 0 spiro atoms. The van der Waals surface area contributed by atoms with Gasteiger partial charge in [-0.15, -0.1) is 24.8 Å². The third-order valence-electron chi connectivity index (χ3n) is 2.75. The molecule has 0 aliphatic rings. The zero-order chi connectivity index (χ0) is 12.8. The first-order chi connectivity index (χ1) is 8.11. The predicted molar refractivity (Wildman–Crippen MR) is 79.6 cm³/mol. The Hall–Kier alpha value is -0.880. The molecule has 0 aromatic carbocycles. The van der Waals surface area contributed by atoms with Crippen LogP contribution in [-0.4, -0.2) is 40.0 Å². The molecule has 0 fully saturated rings. The van der Waals surface area contributed by atoms with Gasteiger partial charge in [-0.25, -0.2) is 0 Å². The SMILES string of the molecule is CCN(CC)C(=O)C(N)C(O)c1ccncc1.Cl.Cl. The molecule has 19 heavy (non-hydrogen) atoms. The number of amides is 1. The van der Waals surface area contributed by atoms with Crippen LogP contribution in [0, 0.1) is 0 Å². The highest BCUT2D eigenvalue weighted by Gasteiger charge is 2.26. The van der Waals surface area contributed by atoms with Crippen molar-refractivity contribution in [3.63, 3.8) is 0 Å². The molecule has 5 nitrogen and oxygen atoms in total.